The van der Waals surface area contributed by atoms with Crippen molar-refractivity contribution in [2.75, 3.05) is 11.1 Å². The van der Waals surface area contributed by atoms with Crippen molar-refractivity contribution in [3.8, 4) is 0 Å². The van der Waals surface area contributed by atoms with Crippen LogP contribution < -0.4 is 11.1 Å². The van der Waals surface area contributed by atoms with Gasteiger partial charge in [-0.05, 0) is 43.7 Å². The third-order valence-corrected chi connectivity index (χ3v) is 3.46. The predicted molar refractivity (Wildman–Crippen MR) is 72.0 cm³/mol. The molecule has 0 atom stereocenters. The maximum absolute atomic E-state index is 5.90. The Morgan fingerprint density at radius 3 is 2.69 bits per heavy atom. The molecule has 0 fully saturated rings. The lowest BCUT2D eigenvalue weighted by Gasteiger charge is -2.08. The molecule has 0 unspecified atom stereocenters. The molecule has 1 aromatic carbocycles. The molecule has 3 heteroatoms. The van der Waals surface area contributed by atoms with Crippen molar-refractivity contribution in [2.45, 2.75) is 20.4 Å². The van der Waals surface area contributed by atoms with Crippen molar-refractivity contribution in [1.82, 2.24) is 0 Å². The summed E-state index contributed by atoms with van der Waals surface area (Å²) in [4.78, 5) is 2.67. The topological polar surface area (TPSA) is 38.0 Å². The van der Waals surface area contributed by atoms with Crippen molar-refractivity contribution in [1.29, 1.82) is 0 Å². The Balaban J connectivity index is 2.07. The molecule has 0 bridgehead atoms. The number of nitrogens with two attached hydrogens (primary N) is 1. The fourth-order valence-corrected chi connectivity index (χ4v) is 2.42. The van der Waals surface area contributed by atoms with Crippen LogP contribution in [0.3, 0.4) is 0 Å². The van der Waals surface area contributed by atoms with Gasteiger partial charge in [0.05, 0.1) is 11.4 Å². The van der Waals surface area contributed by atoms with E-state index in [2.05, 4.69) is 37.4 Å². The summed E-state index contributed by atoms with van der Waals surface area (Å²) < 4.78 is 0. The number of nitrogen functional groups attached to an aromatic ring is 1. The number of benzene rings is 1. The fourth-order valence-electron chi connectivity index (χ4n) is 1.59. The first-order valence-electron chi connectivity index (χ1n) is 5.30. The lowest BCUT2D eigenvalue weighted by atomic mass is 10.2. The standard InChI is InChI=1S/C13H16N2S/c1-9-3-6-12(14)13(7-9)15-8-11-5-4-10(2)16-11/h3-7,15H,8,14H2,1-2H3. The largest absolute Gasteiger partial charge is 0.397 e. The first kappa shape index (κ1) is 11.0. The lowest BCUT2D eigenvalue weighted by Crippen LogP contribution is -2.01. The lowest BCUT2D eigenvalue weighted by molar-refractivity contribution is 1.19. The normalized spacial score (nSPS) is 10.4. The molecule has 0 radical (unpaired) electrons. The molecule has 0 saturated carbocycles. The van der Waals surface area contributed by atoms with E-state index >= 15 is 0 Å². The highest BCUT2D eigenvalue weighted by molar-refractivity contribution is 7.11. The van der Waals surface area contributed by atoms with E-state index < -0.39 is 0 Å². The SMILES string of the molecule is Cc1ccc(N)c(NCc2ccc(C)s2)c1. The van der Waals surface area contributed by atoms with Gasteiger partial charge in [-0.1, -0.05) is 6.07 Å². The van der Waals surface area contributed by atoms with E-state index in [-0.39, 0.29) is 0 Å². The van der Waals surface area contributed by atoms with Crippen LogP contribution in [-0.2, 0) is 6.54 Å². The van der Waals surface area contributed by atoms with Crippen LogP contribution in [0.2, 0.25) is 0 Å². The van der Waals surface area contributed by atoms with Gasteiger partial charge in [-0.3, -0.25) is 0 Å². The van der Waals surface area contributed by atoms with E-state index in [0.717, 1.165) is 17.9 Å². The van der Waals surface area contributed by atoms with E-state index in [1.54, 1.807) is 0 Å². The minimum atomic E-state index is 0.805. The van der Waals surface area contributed by atoms with Crippen LogP contribution in [0.1, 0.15) is 15.3 Å². The van der Waals surface area contributed by atoms with Gasteiger partial charge in [-0.2, -0.15) is 0 Å². The Kier molecular flexibility index (Phi) is 3.15. The maximum atomic E-state index is 5.90. The van der Waals surface area contributed by atoms with E-state index in [1.165, 1.54) is 15.3 Å². The Morgan fingerprint density at radius 1 is 1.19 bits per heavy atom. The van der Waals surface area contributed by atoms with Crippen LogP contribution in [-0.4, -0.2) is 0 Å². The zero-order chi connectivity index (χ0) is 11.5. The Labute approximate surface area is 100 Å². The molecule has 1 aromatic heterocycles. The second kappa shape index (κ2) is 4.58. The van der Waals surface area contributed by atoms with Crippen LogP contribution in [0, 0.1) is 13.8 Å². The van der Waals surface area contributed by atoms with E-state index in [1.807, 2.05) is 23.5 Å². The zero-order valence-corrected chi connectivity index (χ0v) is 10.4. The number of nitrogens with one attached hydrogen (secondary N) is 1. The number of aryl methyl sites for hydroxylation is 2. The van der Waals surface area contributed by atoms with Crippen molar-refractivity contribution >= 4 is 22.7 Å². The van der Waals surface area contributed by atoms with Gasteiger partial charge in [0.2, 0.25) is 0 Å². The van der Waals surface area contributed by atoms with E-state index in [4.69, 9.17) is 5.73 Å². The van der Waals surface area contributed by atoms with Gasteiger partial charge in [0.1, 0.15) is 0 Å². The minimum Gasteiger partial charge on any atom is -0.397 e. The van der Waals surface area contributed by atoms with Crippen LogP contribution >= 0.6 is 11.3 Å². The van der Waals surface area contributed by atoms with Gasteiger partial charge in [0.15, 0.2) is 0 Å². The van der Waals surface area contributed by atoms with Gasteiger partial charge in [0.25, 0.3) is 0 Å². The first-order valence-corrected chi connectivity index (χ1v) is 6.12. The van der Waals surface area contributed by atoms with Crippen molar-refractivity contribution in [2.24, 2.45) is 0 Å². The molecule has 0 aliphatic heterocycles. The van der Waals surface area contributed by atoms with Crippen LogP contribution in [0.4, 0.5) is 11.4 Å². The second-order valence-electron chi connectivity index (χ2n) is 3.96. The zero-order valence-electron chi connectivity index (χ0n) is 9.58. The molecule has 1 heterocycles. The van der Waals surface area contributed by atoms with Crippen LogP contribution in [0.15, 0.2) is 30.3 Å². The van der Waals surface area contributed by atoms with Crippen LogP contribution in [0.5, 0.6) is 0 Å². The molecule has 16 heavy (non-hydrogen) atoms. The number of thiophene rings is 1. The fraction of sp³-hybridized carbons (Fsp3) is 0.231. The first-order chi connectivity index (χ1) is 7.65. The summed E-state index contributed by atoms with van der Waals surface area (Å²) in [5.41, 5.74) is 8.95. The summed E-state index contributed by atoms with van der Waals surface area (Å²) in [6.07, 6.45) is 0. The Morgan fingerprint density at radius 2 is 2.00 bits per heavy atom. The molecular formula is C13H16N2S. The molecular weight excluding hydrogens is 216 g/mol. The average molecular weight is 232 g/mol. The summed E-state index contributed by atoms with van der Waals surface area (Å²) in [7, 11) is 0. The quantitative estimate of drug-likeness (QED) is 0.794. The Bertz CT molecular complexity index is 488. The second-order valence-corrected chi connectivity index (χ2v) is 5.33. The van der Waals surface area contributed by atoms with E-state index in [0.29, 0.717) is 0 Å². The highest BCUT2D eigenvalue weighted by atomic mass is 32.1. The van der Waals surface area contributed by atoms with E-state index in [9.17, 15) is 0 Å². The summed E-state index contributed by atoms with van der Waals surface area (Å²) in [5, 5.41) is 3.37. The molecule has 2 nitrogen and oxygen atoms in total. The van der Waals surface area contributed by atoms with Gasteiger partial charge in [-0.25, -0.2) is 0 Å². The highest BCUT2D eigenvalue weighted by Gasteiger charge is 2.00. The highest BCUT2D eigenvalue weighted by Crippen LogP contribution is 2.22. The number of hydrogen-bond acceptors (Lipinski definition) is 3. The summed E-state index contributed by atoms with van der Waals surface area (Å²) in [6.45, 7) is 5.03. The molecule has 0 saturated heterocycles. The molecule has 0 aliphatic rings. The smallest absolute Gasteiger partial charge is 0.0579 e. The molecule has 0 amide bonds. The average Bonchev–Trinajstić information content (AvgIpc) is 2.66. The van der Waals surface area contributed by atoms with Gasteiger partial charge in [-0.15, -0.1) is 11.3 Å². The Hall–Kier alpha value is -1.48. The summed E-state index contributed by atoms with van der Waals surface area (Å²) in [6, 6.07) is 10.3. The molecule has 84 valence electrons. The third kappa shape index (κ3) is 2.55. The summed E-state index contributed by atoms with van der Waals surface area (Å²) >= 11 is 1.81. The van der Waals surface area contributed by atoms with Crippen molar-refractivity contribution < 1.29 is 0 Å². The van der Waals surface area contributed by atoms with Crippen molar-refractivity contribution in [3.05, 3.63) is 45.6 Å². The molecule has 3 N–H and O–H groups in total. The minimum absolute atomic E-state index is 0.805. The van der Waals surface area contributed by atoms with Gasteiger partial charge < -0.3 is 11.1 Å². The third-order valence-electron chi connectivity index (χ3n) is 2.46. The maximum Gasteiger partial charge on any atom is 0.0579 e. The molecule has 0 spiro atoms. The van der Waals surface area contributed by atoms with Crippen molar-refractivity contribution in [3.63, 3.8) is 0 Å². The monoisotopic (exact) mass is 232 g/mol. The van der Waals surface area contributed by atoms with Gasteiger partial charge >= 0.3 is 0 Å². The van der Waals surface area contributed by atoms with Gasteiger partial charge in [0, 0.05) is 16.3 Å². The number of rotatable bonds is 3. The van der Waals surface area contributed by atoms with Crippen LogP contribution in [0.25, 0.3) is 0 Å². The summed E-state index contributed by atoms with van der Waals surface area (Å²) in [5.74, 6) is 0. The molecule has 2 aromatic rings. The predicted octanol–water partition coefficient (Wildman–Crippen LogP) is 3.56. The number of hydrogen-bond donors (Lipinski definition) is 2. The molecule has 0 aliphatic carbocycles. The number of anilines is 2. The molecule has 2 rings (SSSR count).